The highest BCUT2D eigenvalue weighted by atomic mass is 19.1. The molecule has 2 rings (SSSR count). The number of halogens is 1. The van der Waals surface area contributed by atoms with E-state index in [1.807, 2.05) is 0 Å². The van der Waals surface area contributed by atoms with Crippen molar-refractivity contribution in [3.05, 3.63) is 35.6 Å². The lowest BCUT2D eigenvalue weighted by atomic mass is 9.81. The number of carbonyl (C=O) groups excluding carboxylic acids is 2. The highest BCUT2D eigenvalue weighted by Gasteiger charge is 2.36. The number of piperidine rings is 1. The van der Waals surface area contributed by atoms with Crippen LogP contribution in [0.4, 0.5) is 4.39 Å². The summed E-state index contributed by atoms with van der Waals surface area (Å²) in [4.78, 5) is 23.7. The SMILES string of the molecule is CC(C)OC(=O)[C@@H]1CNC(=O)C[C@@H]1c1ccc(F)cc1. The molecular weight excluding hydrogens is 261 g/mol. The highest BCUT2D eigenvalue weighted by molar-refractivity contribution is 5.83. The molecule has 108 valence electrons. The minimum Gasteiger partial charge on any atom is -0.463 e. The molecule has 0 aliphatic carbocycles. The van der Waals surface area contributed by atoms with Gasteiger partial charge in [-0.15, -0.1) is 0 Å². The van der Waals surface area contributed by atoms with Gasteiger partial charge in [0.05, 0.1) is 12.0 Å². The minimum atomic E-state index is -0.430. The van der Waals surface area contributed by atoms with Crippen LogP contribution < -0.4 is 5.32 Å². The molecule has 2 atom stereocenters. The molecule has 1 aliphatic rings. The van der Waals surface area contributed by atoms with E-state index >= 15 is 0 Å². The molecular formula is C15H18FNO3. The standard InChI is InChI=1S/C15H18FNO3/c1-9(2)20-15(19)13-8-17-14(18)7-12(13)10-3-5-11(16)6-4-10/h3-6,9,12-13H,7-8H2,1-2H3,(H,17,18)/t12-,13-/m1/s1. The van der Waals surface area contributed by atoms with E-state index < -0.39 is 5.92 Å². The maximum Gasteiger partial charge on any atom is 0.311 e. The molecule has 0 bridgehead atoms. The van der Waals surface area contributed by atoms with Gasteiger partial charge in [0.25, 0.3) is 0 Å². The number of hydrogen-bond acceptors (Lipinski definition) is 3. The van der Waals surface area contributed by atoms with Crippen LogP contribution in [0, 0.1) is 11.7 Å². The molecule has 1 heterocycles. The topological polar surface area (TPSA) is 55.4 Å². The second kappa shape index (κ2) is 6.03. The lowest BCUT2D eigenvalue weighted by molar-refractivity contribution is -0.154. The first-order chi connectivity index (χ1) is 9.47. The van der Waals surface area contributed by atoms with Crippen LogP contribution >= 0.6 is 0 Å². The van der Waals surface area contributed by atoms with Gasteiger partial charge in [-0.25, -0.2) is 4.39 Å². The van der Waals surface area contributed by atoms with E-state index in [0.29, 0.717) is 0 Å². The Morgan fingerprint density at radius 3 is 2.60 bits per heavy atom. The fraction of sp³-hybridized carbons (Fsp3) is 0.467. The molecule has 0 unspecified atom stereocenters. The molecule has 0 spiro atoms. The third kappa shape index (κ3) is 3.35. The van der Waals surface area contributed by atoms with E-state index in [-0.39, 0.29) is 42.7 Å². The molecule has 0 saturated carbocycles. The molecule has 0 radical (unpaired) electrons. The van der Waals surface area contributed by atoms with Gasteiger partial charge in [0.1, 0.15) is 5.82 Å². The summed E-state index contributed by atoms with van der Waals surface area (Å²) in [5.74, 6) is -1.46. The summed E-state index contributed by atoms with van der Waals surface area (Å²) in [7, 11) is 0. The zero-order chi connectivity index (χ0) is 14.7. The van der Waals surface area contributed by atoms with Gasteiger partial charge in [-0.05, 0) is 31.5 Å². The summed E-state index contributed by atoms with van der Waals surface area (Å²) in [6, 6.07) is 5.92. The second-order valence-corrected chi connectivity index (χ2v) is 5.26. The number of ether oxygens (including phenoxy) is 1. The maximum atomic E-state index is 13.0. The molecule has 5 heteroatoms. The molecule has 0 aromatic heterocycles. The summed E-state index contributed by atoms with van der Waals surface area (Å²) in [6.07, 6.45) is 0.0118. The molecule has 1 fully saturated rings. The number of nitrogens with one attached hydrogen (secondary N) is 1. The van der Waals surface area contributed by atoms with Gasteiger partial charge in [0, 0.05) is 18.9 Å². The van der Waals surface area contributed by atoms with E-state index in [1.165, 1.54) is 12.1 Å². The number of carbonyl (C=O) groups is 2. The number of esters is 1. The fourth-order valence-electron chi connectivity index (χ4n) is 2.41. The first kappa shape index (κ1) is 14.5. The Balaban J connectivity index is 2.22. The molecule has 1 saturated heterocycles. The van der Waals surface area contributed by atoms with Crippen molar-refractivity contribution in [2.75, 3.05) is 6.54 Å². The number of hydrogen-bond donors (Lipinski definition) is 1. The van der Waals surface area contributed by atoms with Gasteiger partial charge < -0.3 is 10.1 Å². The Kier molecular flexibility index (Phi) is 4.37. The predicted molar refractivity (Wildman–Crippen MR) is 71.5 cm³/mol. The van der Waals surface area contributed by atoms with E-state index in [9.17, 15) is 14.0 Å². The van der Waals surface area contributed by atoms with Crippen molar-refractivity contribution in [1.82, 2.24) is 5.32 Å². The Bertz CT molecular complexity index is 498. The summed E-state index contributed by atoms with van der Waals surface area (Å²) >= 11 is 0. The third-order valence-electron chi connectivity index (χ3n) is 3.36. The Hall–Kier alpha value is -1.91. The average Bonchev–Trinajstić information content (AvgIpc) is 2.38. The predicted octanol–water partition coefficient (Wildman–Crippen LogP) is 2.00. The van der Waals surface area contributed by atoms with Crippen molar-refractivity contribution >= 4 is 11.9 Å². The van der Waals surface area contributed by atoms with Gasteiger partial charge in [0.15, 0.2) is 0 Å². The van der Waals surface area contributed by atoms with Gasteiger partial charge in [-0.3, -0.25) is 9.59 Å². The molecule has 1 N–H and O–H groups in total. The second-order valence-electron chi connectivity index (χ2n) is 5.26. The smallest absolute Gasteiger partial charge is 0.311 e. The van der Waals surface area contributed by atoms with Gasteiger partial charge in [-0.1, -0.05) is 12.1 Å². The Morgan fingerprint density at radius 2 is 2.00 bits per heavy atom. The van der Waals surface area contributed by atoms with Crippen LogP contribution in [0.5, 0.6) is 0 Å². The molecule has 1 amide bonds. The van der Waals surface area contributed by atoms with Crippen LogP contribution in [0.25, 0.3) is 0 Å². The van der Waals surface area contributed by atoms with Crippen molar-refractivity contribution in [3.8, 4) is 0 Å². The van der Waals surface area contributed by atoms with Crippen LogP contribution in [0.1, 0.15) is 31.7 Å². The van der Waals surface area contributed by atoms with Crippen molar-refractivity contribution in [3.63, 3.8) is 0 Å². The average molecular weight is 279 g/mol. The number of rotatable bonds is 3. The lowest BCUT2D eigenvalue weighted by Crippen LogP contribution is -2.44. The first-order valence-corrected chi connectivity index (χ1v) is 6.70. The largest absolute Gasteiger partial charge is 0.463 e. The monoisotopic (exact) mass is 279 g/mol. The van der Waals surface area contributed by atoms with Crippen molar-refractivity contribution < 1.29 is 18.7 Å². The van der Waals surface area contributed by atoms with E-state index in [2.05, 4.69) is 5.32 Å². The quantitative estimate of drug-likeness (QED) is 0.861. The molecule has 1 aromatic carbocycles. The zero-order valence-corrected chi connectivity index (χ0v) is 11.6. The van der Waals surface area contributed by atoms with E-state index in [1.54, 1.807) is 26.0 Å². The van der Waals surface area contributed by atoms with E-state index in [4.69, 9.17) is 4.74 Å². The van der Waals surface area contributed by atoms with E-state index in [0.717, 1.165) is 5.56 Å². The number of benzene rings is 1. The lowest BCUT2D eigenvalue weighted by Gasteiger charge is -2.30. The summed E-state index contributed by atoms with van der Waals surface area (Å²) in [5, 5.41) is 2.68. The zero-order valence-electron chi connectivity index (χ0n) is 11.6. The van der Waals surface area contributed by atoms with Crippen LogP contribution in [0.2, 0.25) is 0 Å². The third-order valence-corrected chi connectivity index (χ3v) is 3.36. The van der Waals surface area contributed by atoms with Crippen molar-refractivity contribution in [2.24, 2.45) is 5.92 Å². The number of amides is 1. The fourth-order valence-corrected chi connectivity index (χ4v) is 2.41. The van der Waals surface area contributed by atoms with Crippen molar-refractivity contribution in [1.29, 1.82) is 0 Å². The normalized spacial score (nSPS) is 22.5. The van der Waals surface area contributed by atoms with Gasteiger partial charge in [0.2, 0.25) is 5.91 Å². The van der Waals surface area contributed by atoms with Crippen LogP contribution in [0.15, 0.2) is 24.3 Å². The minimum absolute atomic E-state index is 0.104. The highest BCUT2D eigenvalue weighted by Crippen LogP contribution is 2.32. The summed E-state index contributed by atoms with van der Waals surface area (Å²) < 4.78 is 18.2. The molecule has 1 aromatic rings. The molecule has 4 nitrogen and oxygen atoms in total. The van der Waals surface area contributed by atoms with Crippen LogP contribution in [-0.4, -0.2) is 24.5 Å². The Morgan fingerprint density at radius 1 is 1.35 bits per heavy atom. The van der Waals surface area contributed by atoms with Crippen LogP contribution in [0.3, 0.4) is 0 Å². The maximum absolute atomic E-state index is 13.0. The van der Waals surface area contributed by atoms with Crippen molar-refractivity contribution in [2.45, 2.75) is 32.3 Å². The summed E-state index contributed by atoms with van der Waals surface area (Å²) in [6.45, 7) is 3.82. The first-order valence-electron chi connectivity index (χ1n) is 6.70. The van der Waals surface area contributed by atoms with Crippen LogP contribution in [-0.2, 0) is 14.3 Å². The Labute approximate surface area is 117 Å². The van der Waals surface area contributed by atoms with Gasteiger partial charge in [-0.2, -0.15) is 0 Å². The molecule has 1 aliphatic heterocycles. The van der Waals surface area contributed by atoms with Gasteiger partial charge >= 0.3 is 5.97 Å². The molecule has 20 heavy (non-hydrogen) atoms. The summed E-state index contributed by atoms with van der Waals surface area (Å²) in [5.41, 5.74) is 0.784.